The van der Waals surface area contributed by atoms with Gasteiger partial charge in [0, 0.05) is 6.61 Å². The summed E-state index contributed by atoms with van der Waals surface area (Å²) in [6, 6.07) is 0. The van der Waals surface area contributed by atoms with Gasteiger partial charge < -0.3 is 15.3 Å². The van der Waals surface area contributed by atoms with E-state index in [9.17, 15) is 0 Å². The van der Waals surface area contributed by atoms with Gasteiger partial charge in [-0.25, -0.2) is 0 Å². The topological polar surface area (TPSA) is 60.7 Å². The quantitative estimate of drug-likeness (QED) is 0.349. The van der Waals surface area contributed by atoms with Crippen LogP contribution in [0.2, 0.25) is 0 Å². The van der Waals surface area contributed by atoms with Crippen molar-refractivity contribution < 1.29 is 15.3 Å². The maximum absolute atomic E-state index is 8.33. The Morgan fingerprint density at radius 2 is 1.73 bits per heavy atom. The van der Waals surface area contributed by atoms with Gasteiger partial charge in [0.25, 0.3) is 0 Å². The van der Waals surface area contributed by atoms with Crippen molar-refractivity contribution in [3.63, 3.8) is 0 Å². The average molecular weight is 218 g/mol. The molecule has 3 nitrogen and oxygen atoms in total. The highest BCUT2D eigenvalue weighted by molar-refractivity contribution is 4.79. The Balaban J connectivity index is 0. The number of rotatable bonds is 7. The predicted molar refractivity (Wildman–Crippen MR) is 63.5 cm³/mol. The zero-order chi connectivity index (χ0) is 11.9. The van der Waals surface area contributed by atoms with Gasteiger partial charge in [0.2, 0.25) is 0 Å². The Kier molecular flexibility index (Phi) is 18.2. The Morgan fingerprint density at radius 1 is 1.07 bits per heavy atom. The van der Waals surface area contributed by atoms with E-state index in [0.717, 1.165) is 32.1 Å². The molecule has 3 N–H and O–H groups in total. The van der Waals surface area contributed by atoms with Gasteiger partial charge in [0.05, 0.1) is 0 Å². The molecule has 15 heavy (non-hydrogen) atoms. The predicted octanol–water partition coefficient (Wildman–Crippen LogP) is 2.21. The number of hydrogen-bond donors (Lipinski definition) is 3. The number of unbranched alkanes of at least 4 members (excludes halogenated alkanes) is 2. The number of allylic oxidation sites excluding steroid dienone is 1. The second-order valence-electron chi connectivity index (χ2n) is 3.37. The molecule has 0 radical (unpaired) electrons. The monoisotopic (exact) mass is 218 g/mol. The summed E-state index contributed by atoms with van der Waals surface area (Å²) in [7, 11) is 0. The summed E-state index contributed by atoms with van der Waals surface area (Å²) in [6.07, 6.45) is 8.48. The highest BCUT2D eigenvalue weighted by Gasteiger charge is 1.93. The third kappa shape index (κ3) is 24.7. The Labute approximate surface area is 93.5 Å². The standard InChI is InChI=1S/C6H14O2.C6H12O/c1-2-3-4-5-6(7)8;1-2-3-4-5-6-7/h6-8H,2-5H2,1H3;3-4,7H,2,5-6H2,1H3. The minimum atomic E-state index is -1.10. The van der Waals surface area contributed by atoms with Crippen LogP contribution in [-0.4, -0.2) is 28.2 Å². The van der Waals surface area contributed by atoms with Crippen molar-refractivity contribution in [3.05, 3.63) is 12.2 Å². The van der Waals surface area contributed by atoms with E-state index in [1.165, 1.54) is 0 Å². The number of hydrogen-bond acceptors (Lipinski definition) is 3. The van der Waals surface area contributed by atoms with Crippen LogP contribution < -0.4 is 0 Å². The van der Waals surface area contributed by atoms with E-state index in [0.29, 0.717) is 6.42 Å². The number of aliphatic hydroxyl groups excluding tert-OH is 2. The third-order valence-corrected chi connectivity index (χ3v) is 1.76. The molecule has 0 aliphatic carbocycles. The first-order valence-corrected chi connectivity index (χ1v) is 5.80. The van der Waals surface area contributed by atoms with Crippen molar-refractivity contribution in [1.29, 1.82) is 0 Å². The van der Waals surface area contributed by atoms with Crippen molar-refractivity contribution in [2.45, 2.75) is 58.7 Å². The molecule has 0 saturated carbocycles. The molecule has 0 heterocycles. The summed E-state index contributed by atoms with van der Waals surface area (Å²) in [5.74, 6) is 0. The SMILES string of the molecule is CCC=CCCO.CCCCCC(O)O. The first-order valence-electron chi connectivity index (χ1n) is 5.80. The summed E-state index contributed by atoms with van der Waals surface area (Å²) in [4.78, 5) is 0. The van der Waals surface area contributed by atoms with Gasteiger partial charge in [0.15, 0.2) is 6.29 Å². The second-order valence-corrected chi connectivity index (χ2v) is 3.37. The molecule has 0 fully saturated rings. The van der Waals surface area contributed by atoms with E-state index < -0.39 is 6.29 Å². The van der Waals surface area contributed by atoms with Crippen LogP contribution in [0.1, 0.15) is 52.4 Å². The molecule has 3 heteroatoms. The first-order chi connectivity index (χ1) is 7.18. The Hall–Kier alpha value is -0.380. The summed E-state index contributed by atoms with van der Waals surface area (Å²) in [5, 5.41) is 24.9. The van der Waals surface area contributed by atoms with Crippen LogP contribution in [-0.2, 0) is 0 Å². The van der Waals surface area contributed by atoms with Crippen LogP contribution in [0.4, 0.5) is 0 Å². The molecule has 0 amide bonds. The lowest BCUT2D eigenvalue weighted by atomic mass is 10.2. The normalized spacial score (nSPS) is 10.5. The van der Waals surface area contributed by atoms with Crippen LogP contribution in [0.25, 0.3) is 0 Å². The molecular formula is C12H26O3. The molecule has 0 aromatic rings. The first kappa shape index (κ1) is 17.0. The fourth-order valence-electron chi connectivity index (χ4n) is 0.936. The lowest BCUT2D eigenvalue weighted by Gasteiger charge is -1.99. The summed E-state index contributed by atoms with van der Waals surface area (Å²) < 4.78 is 0. The van der Waals surface area contributed by atoms with Gasteiger partial charge in [-0.3, -0.25) is 0 Å². The third-order valence-electron chi connectivity index (χ3n) is 1.76. The molecule has 0 saturated heterocycles. The highest BCUT2D eigenvalue weighted by Crippen LogP contribution is 1.99. The minimum absolute atomic E-state index is 0.274. The van der Waals surface area contributed by atoms with Crippen molar-refractivity contribution in [3.8, 4) is 0 Å². The van der Waals surface area contributed by atoms with Gasteiger partial charge in [-0.2, -0.15) is 0 Å². The second kappa shape index (κ2) is 16.1. The molecule has 0 aromatic heterocycles. The zero-order valence-corrected chi connectivity index (χ0v) is 10.0. The smallest absolute Gasteiger partial charge is 0.151 e. The lowest BCUT2D eigenvalue weighted by Crippen LogP contribution is -2.02. The van der Waals surface area contributed by atoms with E-state index >= 15 is 0 Å². The highest BCUT2D eigenvalue weighted by atomic mass is 16.5. The maximum Gasteiger partial charge on any atom is 0.151 e. The van der Waals surface area contributed by atoms with Crippen LogP contribution in [0.3, 0.4) is 0 Å². The van der Waals surface area contributed by atoms with Crippen LogP contribution in [0.15, 0.2) is 12.2 Å². The fraction of sp³-hybridized carbons (Fsp3) is 0.833. The summed E-state index contributed by atoms with van der Waals surface area (Å²) in [5.41, 5.74) is 0. The average Bonchev–Trinajstić information content (AvgIpc) is 2.20. The molecule has 0 rings (SSSR count). The van der Waals surface area contributed by atoms with E-state index in [2.05, 4.69) is 19.9 Å². The minimum Gasteiger partial charge on any atom is -0.396 e. The number of aliphatic hydroxyl groups is 3. The molecule has 92 valence electrons. The zero-order valence-electron chi connectivity index (χ0n) is 10.0. The molecule has 0 aromatic carbocycles. The van der Waals surface area contributed by atoms with E-state index in [1.54, 1.807) is 0 Å². The van der Waals surface area contributed by atoms with Gasteiger partial charge in [0.1, 0.15) is 0 Å². The van der Waals surface area contributed by atoms with Crippen molar-refractivity contribution >= 4 is 0 Å². The van der Waals surface area contributed by atoms with Gasteiger partial charge >= 0.3 is 0 Å². The molecule has 0 aliphatic heterocycles. The molecule has 0 unspecified atom stereocenters. The summed E-state index contributed by atoms with van der Waals surface area (Å²) >= 11 is 0. The molecule has 0 aliphatic rings. The van der Waals surface area contributed by atoms with E-state index in [4.69, 9.17) is 15.3 Å². The van der Waals surface area contributed by atoms with Crippen LogP contribution in [0, 0.1) is 0 Å². The lowest BCUT2D eigenvalue weighted by molar-refractivity contribution is -0.0465. The molecular weight excluding hydrogens is 192 g/mol. The maximum atomic E-state index is 8.33. The van der Waals surface area contributed by atoms with E-state index in [1.807, 2.05) is 6.08 Å². The molecule has 0 spiro atoms. The van der Waals surface area contributed by atoms with Crippen LogP contribution >= 0.6 is 0 Å². The van der Waals surface area contributed by atoms with Crippen molar-refractivity contribution in [2.75, 3.05) is 6.61 Å². The van der Waals surface area contributed by atoms with Gasteiger partial charge in [-0.15, -0.1) is 0 Å². The van der Waals surface area contributed by atoms with Crippen LogP contribution in [0.5, 0.6) is 0 Å². The molecule has 0 bridgehead atoms. The van der Waals surface area contributed by atoms with Gasteiger partial charge in [-0.1, -0.05) is 38.8 Å². The fourth-order valence-corrected chi connectivity index (χ4v) is 0.936. The van der Waals surface area contributed by atoms with E-state index in [-0.39, 0.29) is 6.61 Å². The largest absolute Gasteiger partial charge is 0.396 e. The Bertz CT molecular complexity index is 122. The van der Waals surface area contributed by atoms with Crippen molar-refractivity contribution in [1.82, 2.24) is 0 Å². The summed E-state index contributed by atoms with van der Waals surface area (Å²) in [6.45, 7) is 4.44. The van der Waals surface area contributed by atoms with Gasteiger partial charge in [-0.05, 0) is 25.7 Å². The molecule has 0 atom stereocenters. The Morgan fingerprint density at radius 3 is 2.13 bits per heavy atom. The van der Waals surface area contributed by atoms with Crippen molar-refractivity contribution in [2.24, 2.45) is 0 Å².